The number of rotatable bonds is 7. The molecule has 1 aromatic heterocycles. The first-order valence-corrected chi connectivity index (χ1v) is 7.33. The van der Waals surface area contributed by atoms with Gasteiger partial charge in [0.05, 0.1) is 12.2 Å². The van der Waals surface area contributed by atoms with Crippen molar-refractivity contribution < 1.29 is 13.2 Å². The maximum atomic E-state index is 11.9. The molecule has 2 nitrogen and oxygen atoms in total. The number of nitrogens with zero attached hydrogens (tertiary/aromatic N) is 1. The molecule has 0 atom stereocenters. The smallest absolute Gasteiger partial charge is 0.303 e. The number of aromatic nitrogens is 1. The van der Waals surface area contributed by atoms with Gasteiger partial charge in [0, 0.05) is 17.7 Å². The largest absolute Gasteiger partial charge is 0.401 e. The molecule has 0 aliphatic carbocycles. The van der Waals surface area contributed by atoms with Crippen LogP contribution in [0.2, 0.25) is 0 Å². The van der Waals surface area contributed by atoms with Gasteiger partial charge in [0.25, 0.3) is 0 Å². The van der Waals surface area contributed by atoms with Crippen LogP contribution < -0.4 is 5.32 Å². The van der Waals surface area contributed by atoms with E-state index < -0.39 is 12.7 Å². The standard InChI is InChI=1S/C10H15F3N2S2/c1-2-3-16-6-9-15-8(5-17-9)4-14-7-10(11,12)13/h5,14H,2-4,6-7H2,1H3. The van der Waals surface area contributed by atoms with Crippen molar-refractivity contribution in [1.29, 1.82) is 0 Å². The molecule has 1 rings (SSSR count). The first kappa shape index (κ1) is 14.8. The average Bonchev–Trinajstić information content (AvgIpc) is 2.64. The Balaban J connectivity index is 2.26. The lowest BCUT2D eigenvalue weighted by atomic mass is 10.4. The summed E-state index contributed by atoms with van der Waals surface area (Å²) in [4.78, 5) is 4.27. The Morgan fingerprint density at radius 3 is 2.88 bits per heavy atom. The van der Waals surface area contributed by atoms with E-state index >= 15 is 0 Å². The molecule has 1 heterocycles. The minimum atomic E-state index is -4.16. The van der Waals surface area contributed by atoms with Gasteiger partial charge in [-0.3, -0.25) is 0 Å². The monoisotopic (exact) mass is 284 g/mol. The van der Waals surface area contributed by atoms with Gasteiger partial charge in [-0.25, -0.2) is 4.98 Å². The molecule has 17 heavy (non-hydrogen) atoms. The van der Waals surface area contributed by atoms with Crippen molar-refractivity contribution in [3.05, 3.63) is 16.1 Å². The molecule has 0 amide bonds. The fourth-order valence-electron chi connectivity index (χ4n) is 1.13. The van der Waals surface area contributed by atoms with E-state index in [4.69, 9.17) is 0 Å². The maximum Gasteiger partial charge on any atom is 0.401 e. The van der Waals surface area contributed by atoms with E-state index in [0.29, 0.717) is 5.69 Å². The van der Waals surface area contributed by atoms with Crippen LogP contribution in [0.3, 0.4) is 0 Å². The molecular formula is C10H15F3N2S2. The second-order valence-electron chi connectivity index (χ2n) is 3.50. The quantitative estimate of drug-likeness (QED) is 0.776. The van der Waals surface area contributed by atoms with E-state index in [1.165, 1.54) is 11.3 Å². The third-order valence-electron chi connectivity index (χ3n) is 1.80. The van der Waals surface area contributed by atoms with Crippen LogP contribution in [-0.2, 0) is 12.3 Å². The predicted molar refractivity (Wildman–Crippen MR) is 66.3 cm³/mol. The number of hydrogen-bond donors (Lipinski definition) is 1. The van der Waals surface area contributed by atoms with Crippen molar-refractivity contribution >= 4 is 23.1 Å². The zero-order chi connectivity index (χ0) is 12.7. The third kappa shape index (κ3) is 6.90. The molecule has 0 aliphatic heterocycles. The Morgan fingerprint density at radius 2 is 2.24 bits per heavy atom. The first-order valence-electron chi connectivity index (χ1n) is 5.29. The van der Waals surface area contributed by atoms with E-state index in [2.05, 4.69) is 17.2 Å². The zero-order valence-electron chi connectivity index (χ0n) is 9.51. The highest BCUT2D eigenvalue weighted by atomic mass is 32.2. The van der Waals surface area contributed by atoms with E-state index in [9.17, 15) is 13.2 Å². The molecule has 0 saturated heterocycles. The Morgan fingerprint density at radius 1 is 1.47 bits per heavy atom. The lowest BCUT2D eigenvalue weighted by Gasteiger charge is -2.06. The van der Waals surface area contributed by atoms with Crippen LogP contribution in [0.1, 0.15) is 24.0 Å². The van der Waals surface area contributed by atoms with Gasteiger partial charge >= 0.3 is 6.18 Å². The van der Waals surface area contributed by atoms with Gasteiger partial charge in [-0.1, -0.05) is 6.92 Å². The molecule has 0 radical (unpaired) electrons. The van der Waals surface area contributed by atoms with E-state index in [1.54, 1.807) is 11.8 Å². The Kier molecular flexibility index (Phi) is 6.29. The van der Waals surface area contributed by atoms with Crippen LogP contribution in [0, 0.1) is 0 Å². The topological polar surface area (TPSA) is 24.9 Å². The molecule has 0 aromatic carbocycles. The zero-order valence-corrected chi connectivity index (χ0v) is 11.1. The summed E-state index contributed by atoms with van der Waals surface area (Å²) >= 11 is 3.30. The summed E-state index contributed by atoms with van der Waals surface area (Å²) in [6, 6.07) is 0. The van der Waals surface area contributed by atoms with Crippen LogP contribution in [0.25, 0.3) is 0 Å². The summed E-state index contributed by atoms with van der Waals surface area (Å²) in [5, 5.41) is 5.12. The van der Waals surface area contributed by atoms with Crippen molar-refractivity contribution in [1.82, 2.24) is 10.3 Å². The molecule has 0 spiro atoms. The summed E-state index contributed by atoms with van der Waals surface area (Å²) in [6.45, 7) is 1.32. The van der Waals surface area contributed by atoms with Crippen LogP contribution in [0.4, 0.5) is 13.2 Å². The van der Waals surface area contributed by atoms with Gasteiger partial charge in [-0.15, -0.1) is 11.3 Å². The summed E-state index contributed by atoms with van der Waals surface area (Å²) in [6.07, 6.45) is -3.04. The molecule has 0 aliphatic rings. The van der Waals surface area contributed by atoms with Crippen LogP contribution in [0.15, 0.2) is 5.38 Å². The van der Waals surface area contributed by atoms with Gasteiger partial charge < -0.3 is 5.32 Å². The molecule has 0 saturated carbocycles. The highest BCUT2D eigenvalue weighted by molar-refractivity contribution is 7.98. The van der Waals surface area contributed by atoms with Crippen LogP contribution in [-0.4, -0.2) is 23.5 Å². The van der Waals surface area contributed by atoms with Gasteiger partial charge in [0.1, 0.15) is 5.01 Å². The van der Waals surface area contributed by atoms with Gasteiger partial charge in [0.2, 0.25) is 0 Å². The summed E-state index contributed by atoms with van der Waals surface area (Å²) in [5.41, 5.74) is 0.686. The first-order chi connectivity index (χ1) is 8.01. The van der Waals surface area contributed by atoms with Crippen molar-refractivity contribution in [2.75, 3.05) is 12.3 Å². The Hall–Kier alpha value is -0.270. The molecule has 0 fully saturated rings. The summed E-state index contributed by atoms with van der Waals surface area (Å²) in [7, 11) is 0. The molecule has 0 bridgehead atoms. The van der Waals surface area contributed by atoms with Gasteiger partial charge in [-0.2, -0.15) is 24.9 Å². The van der Waals surface area contributed by atoms with Crippen molar-refractivity contribution in [2.24, 2.45) is 0 Å². The molecule has 1 aromatic rings. The van der Waals surface area contributed by atoms with E-state index in [-0.39, 0.29) is 6.54 Å². The van der Waals surface area contributed by atoms with Crippen molar-refractivity contribution in [2.45, 2.75) is 31.8 Å². The summed E-state index contributed by atoms with van der Waals surface area (Å²) in [5.74, 6) is 1.93. The number of thioether (sulfide) groups is 1. The molecule has 1 N–H and O–H groups in total. The molecular weight excluding hydrogens is 269 g/mol. The Labute approximate surface area is 107 Å². The minimum Gasteiger partial charge on any atom is -0.303 e. The average molecular weight is 284 g/mol. The van der Waals surface area contributed by atoms with Crippen LogP contribution >= 0.6 is 23.1 Å². The fraction of sp³-hybridized carbons (Fsp3) is 0.700. The minimum absolute atomic E-state index is 0.175. The second kappa shape index (κ2) is 7.23. The Bertz CT molecular complexity index is 326. The van der Waals surface area contributed by atoms with Crippen molar-refractivity contribution in [3.63, 3.8) is 0 Å². The molecule has 98 valence electrons. The number of alkyl halides is 3. The third-order valence-corrected chi connectivity index (χ3v) is 4.06. The van der Waals surface area contributed by atoms with E-state index in [1.807, 2.05) is 5.38 Å². The SMILES string of the molecule is CCCSCc1nc(CNCC(F)(F)F)cs1. The molecule has 7 heteroatoms. The fourth-order valence-corrected chi connectivity index (χ4v) is 2.90. The normalized spacial score (nSPS) is 12.0. The van der Waals surface area contributed by atoms with Gasteiger partial charge in [0.15, 0.2) is 0 Å². The van der Waals surface area contributed by atoms with Crippen LogP contribution in [0.5, 0.6) is 0 Å². The second-order valence-corrected chi connectivity index (χ2v) is 5.55. The highest BCUT2D eigenvalue weighted by Gasteiger charge is 2.26. The lowest BCUT2D eigenvalue weighted by molar-refractivity contribution is -0.125. The number of nitrogens with one attached hydrogen (secondary N) is 1. The van der Waals surface area contributed by atoms with Crippen molar-refractivity contribution in [3.8, 4) is 0 Å². The summed E-state index contributed by atoms with van der Waals surface area (Å²) < 4.78 is 35.7. The number of halogens is 3. The number of hydrogen-bond acceptors (Lipinski definition) is 4. The molecule has 0 unspecified atom stereocenters. The van der Waals surface area contributed by atoms with E-state index in [0.717, 1.165) is 22.9 Å². The number of thiazole rings is 1. The predicted octanol–water partition coefficient (Wildman–Crippen LogP) is 3.44. The maximum absolute atomic E-state index is 11.9. The van der Waals surface area contributed by atoms with Gasteiger partial charge in [-0.05, 0) is 12.2 Å². The highest BCUT2D eigenvalue weighted by Crippen LogP contribution is 2.18. The lowest BCUT2D eigenvalue weighted by Crippen LogP contribution is -2.28.